The highest BCUT2D eigenvalue weighted by atomic mass is 19.1. The highest BCUT2D eigenvalue weighted by Gasteiger charge is 2.18. The van der Waals surface area contributed by atoms with Gasteiger partial charge in [0.15, 0.2) is 0 Å². The van der Waals surface area contributed by atoms with Crippen LogP contribution < -0.4 is 10.2 Å². The lowest BCUT2D eigenvalue weighted by molar-refractivity contribution is -0.125. The van der Waals surface area contributed by atoms with E-state index in [0.29, 0.717) is 5.69 Å². The third-order valence-electron chi connectivity index (χ3n) is 3.06. The van der Waals surface area contributed by atoms with Crippen LogP contribution in [0.3, 0.4) is 0 Å². The summed E-state index contributed by atoms with van der Waals surface area (Å²) in [6.45, 7) is 0. The Morgan fingerprint density at radius 1 is 1.00 bits per heavy atom. The molecule has 6 heteroatoms. The molecule has 0 radical (unpaired) electrons. The normalized spacial score (nSPS) is 10.1. The van der Waals surface area contributed by atoms with Crippen LogP contribution in [-0.4, -0.2) is 18.9 Å². The lowest BCUT2D eigenvalue weighted by Gasteiger charge is -2.17. The number of hydrogen-bond donors (Lipinski definition) is 1. The van der Waals surface area contributed by atoms with E-state index in [-0.39, 0.29) is 0 Å². The fraction of sp³-hybridized carbons (Fsp3) is 0.125. The molecule has 114 valence electrons. The first kappa shape index (κ1) is 15.6. The van der Waals surface area contributed by atoms with Gasteiger partial charge in [-0.1, -0.05) is 24.3 Å². The topological polar surface area (TPSA) is 49.4 Å². The molecule has 4 nitrogen and oxygen atoms in total. The van der Waals surface area contributed by atoms with Crippen LogP contribution >= 0.6 is 0 Å². The Morgan fingerprint density at radius 2 is 1.59 bits per heavy atom. The minimum atomic E-state index is -0.891. The number of nitrogens with one attached hydrogen (secondary N) is 1. The van der Waals surface area contributed by atoms with Gasteiger partial charge in [-0.05, 0) is 24.3 Å². The Labute approximate surface area is 126 Å². The fourth-order valence-electron chi connectivity index (χ4n) is 1.85. The van der Waals surface area contributed by atoms with Gasteiger partial charge in [-0.2, -0.15) is 0 Å². The van der Waals surface area contributed by atoms with E-state index in [1.807, 2.05) is 0 Å². The van der Waals surface area contributed by atoms with Gasteiger partial charge in [0, 0.05) is 12.7 Å². The van der Waals surface area contributed by atoms with E-state index in [4.69, 9.17) is 0 Å². The summed E-state index contributed by atoms with van der Waals surface area (Å²) in [5.41, 5.74) is 0.0695. The van der Waals surface area contributed by atoms with Gasteiger partial charge < -0.3 is 10.2 Å². The van der Waals surface area contributed by atoms with Gasteiger partial charge in [0.05, 0.1) is 0 Å². The van der Waals surface area contributed by atoms with Crippen molar-refractivity contribution in [3.63, 3.8) is 0 Å². The molecule has 1 N–H and O–H groups in total. The van der Waals surface area contributed by atoms with Crippen LogP contribution in [0.2, 0.25) is 0 Å². The number of nitrogens with zero attached hydrogens (tertiary/aromatic N) is 1. The molecule has 0 atom stereocenters. The van der Waals surface area contributed by atoms with Gasteiger partial charge in [-0.15, -0.1) is 0 Å². The van der Waals surface area contributed by atoms with Crippen molar-refractivity contribution in [1.29, 1.82) is 0 Å². The Hall–Kier alpha value is -2.76. The van der Waals surface area contributed by atoms with E-state index in [2.05, 4.69) is 5.32 Å². The molecular formula is C16H14F2N2O2. The van der Waals surface area contributed by atoms with E-state index >= 15 is 0 Å². The molecule has 0 saturated carbocycles. The van der Waals surface area contributed by atoms with Crippen LogP contribution in [-0.2, 0) is 9.59 Å². The maximum absolute atomic E-state index is 13.4. The zero-order valence-corrected chi connectivity index (χ0v) is 11.8. The SMILES string of the molecule is CN(C(=O)CC(=O)Nc1c(F)cccc1F)c1ccccc1. The number of carbonyl (C=O) groups excluding carboxylic acids is 2. The molecule has 0 fully saturated rings. The molecule has 0 bridgehead atoms. The number of carbonyl (C=O) groups is 2. The zero-order valence-electron chi connectivity index (χ0n) is 11.8. The average Bonchev–Trinajstić information content (AvgIpc) is 2.51. The predicted octanol–water partition coefficient (Wildman–Crippen LogP) is 2.96. The van der Waals surface area contributed by atoms with Crippen molar-refractivity contribution in [3.8, 4) is 0 Å². The molecule has 0 aliphatic heterocycles. The molecule has 2 aromatic rings. The van der Waals surface area contributed by atoms with Crippen LogP contribution in [0.5, 0.6) is 0 Å². The van der Waals surface area contributed by atoms with Crippen molar-refractivity contribution < 1.29 is 18.4 Å². The summed E-state index contributed by atoms with van der Waals surface area (Å²) in [6, 6.07) is 12.0. The molecular weight excluding hydrogens is 290 g/mol. The summed E-state index contributed by atoms with van der Waals surface area (Å²) >= 11 is 0. The number of amides is 2. The molecule has 0 aromatic heterocycles. The lowest BCUT2D eigenvalue weighted by Crippen LogP contribution is -2.30. The monoisotopic (exact) mass is 304 g/mol. The minimum absolute atomic E-state index is 0.486. The van der Waals surface area contributed by atoms with Crippen LogP contribution in [0.15, 0.2) is 48.5 Å². The third kappa shape index (κ3) is 3.66. The molecule has 2 amide bonds. The smallest absolute Gasteiger partial charge is 0.236 e. The second kappa shape index (κ2) is 6.80. The standard InChI is InChI=1S/C16H14F2N2O2/c1-20(11-6-3-2-4-7-11)15(22)10-14(21)19-16-12(17)8-5-9-13(16)18/h2-9H,10H2,1H3,(H,19,21). The van der Waals surface area contributed by atoms with Crippen LogP contribution in [0.25, 0.3) is 0 Å². The number of rotatable bonds is 4. The molecule has 0 aliphatic carbocycles. The first-order chi connectivity index (χ1) is 10.5. The second-order valence-electron chi connectivity index (χ2n) is 4.61. The molecule has 22 heavy (non-hydrogen) atoms. The maximum atomic E-state index is 13.4. The molecule has 2 rings (SSSR count). The summed E-state index contributed by atoms with van der Waals surface area (Å²) in [5.74, 6) is -3.05. The number of hydrogen-bond acceptors (Lipinski definition) is 2. The maximum Gasteiger partial charge on any atom is 0.236 e. The summed E-state index contributed by atoms with van der Waals surface area (Å²) in [4.78, 5) is 25.1. The Kier molecular flexibility index (Phi) is 4.83. The van der Waals surface area contributed by atoms with Gasteiger partial charge >= 0.3 is 0 Å². The van der Waals surface area contributed by atoms with E-state index < -0.39 is 35.6 Å². The number of anilines is 2. The van der Waals surface area contributed by atoms with Crippen molar-refractivity contribution in [2.45, 2.75) is 6.42 Å². The summed E-state index contributed by atoms with van der Waals surface area (Å²) < 4.78 is 26.8. The highest BCUT2D eigenvalue weighted by Crippen LogP contribution is 2.18. The zero-order chi connectivity index (χ0) is 16.1. The van der Waals surface area contributed by atoms with Crippen molar-refractivity contribution in [2.24, 2.45) is 0 Å². The Balaban J connectivity index is 2.02. The van der Waals surface area contributed by atoms with Crippen molar-refractivity contribution >= 4 is 23.2 Å². The number of benzene rings is 2. The summed E-state index contributed by atoms with van der Waals surface area (Å²) in [6.07, 6.45) is -0.515. The number of para-hydroxylation sites is 2. The quantitative estimate of drug-likeness (QED) is 0.883. The number of halogens is 2. The van der Waals surface area contributed by atoms with Gasteiger partial charge in [0.2, 0.25) is 11.8 Å². The minimum Gasteiger partial charge on any atom is -0.321 e. The largest absolute Gasteiger partial charge is 0.321 e. The van der Waals surface area contributed by atoms with E-state index in [1.54, 1.807) is 30.3 Å². The predicted molar refractivity (Wildman–Crippen MR) is 79.5 cm³/mol. The van der Waals surface area contributed by atoms with Crippen LogP contribution in [0, 0.1) is 11.6 Å². The van der Waals surface area contributed by atoms with E-state index in [1.165, 1.54) is 18.0 Å². The Bertz CT molecular complexity index is 670. The van der Waals surface area contributed by atoms with Gasteiger partial charge in [-0.25, -0.2) is 8.78 Å². The van der Waals surface area contributed by atoms with Gasteiger partial charge in [-0.3, -0.25) is 9.59 Å². The van der Waals surface area contributed by atoms with E-state index in [0.717, 1.165) is 12.1 Å². The van der Waals surface area contributed by atoms with Gasteiger partial charge in [0.1, 0.15) is 23.7 Å². The molecule has 0 saturated heterocycles. The van der Waals surface area contributed by atoms with E-state index in [9.17, 15) is 18.4 Å². The van der Waals surface area contributed by atoms with Crippen LogP contribution in [0.1, 0.15) is 6.42 Å². The highest BCUT2D eigenvalue weighted by molar-refractivity contribution is 6.08. The van der Waals surface area contributed by atoms with Crippen molar-refractivity contribution in [2.75, 3.05) is 17.3 Å². The first-order valence-corrected chi connectivity index (χ1v) is 6.54. The Morgan fingerprint density at radius 3 is 2.18 bits per heavy atom. The molecule has 2 aromatic carbocycles. The summed E-state index contributed by atoms with van der Waals surface area (Å²) in [5, 5.41) is 2.08. The molecule has 0 aliphatic rings. The average molecular weight is 304 g/mol. The van der Waals surface area contributed by atoms with Crippen molar-refractivity contribution in [1.82, 2.24) is 0 Å². The lowest BCUT2D eigenvalue weighted by atomic mass is 10.2. The van der Waals surface area contributed by atoms with Gasteiger partial charge in [0.25, 0.3) is 0 Å². The fourth-order valence-corrected chi connectivity index (χ4v) is 1.85. The molecule has 0 unspecified atom stereocenters. The molecule has 0 heterocycles. The second-order valence-corrected chi connectivity index (χ2v) is 4.61. The summed E-state index contributed by atoms with van der Waals surface area (Å²) in [7, 11) is 1.52. The first-order valence-electron chi connectivity index (χ1n) is 6.54. The van der Waals surface area contributed by atoms with Crippen molar-refractivity contribution in [3.05, 3.63) is 60.2 Å². The molecule has 0 spiro atoms. The van der Waals surface area contributed by atoms with Crippen LogP contribution in [0.4, 0.5) is 20.2 Å². The third-order valence-corrected chi connectivity index (χ3v) is 3.06.